The van der Waals surface area contributed by atoms with Gasteiger partial charge in [-0.1, -0.05) is 0 Å². The Morgan fingerprint density at radius 1 is 1.07 bits per heavy atom. The predicted molar refractivity (Wildman–Crippen MR) is 106 cm³/mol. The van der Waals surface area contributed by atoms with Crippen molar-refractivity contribution in [2.75, 3.05) is 63.6 Å². The van der Waals surface area contributed by atoms with Gasteiger partial charge in [-0.25, -0.2) is 13.4 Å². The number of hydrogen-bond acceptors (Lipinski definition) is 9. The van der Waals surface area contributed by atoms with Gasteiger partial charge in [-0.05, 0) is 11.6 Å². The van der Waals surface area contributed by atoms with Crippen LogP contribution in [-0.4, -0.2) is 97.2 Å². The molecule has 4 heterocycles. The summed E-state index contributed by atoms with van der Waals surface area (Å²) < 4.78 is 30.7. The number of morpholine rings is 1. The molecule has 13 heteroatoms. The molecule has 0 unspecified atom stereocenters. The topological polar surface area (TPSA) is 109 Å². The molecule has 0 aliphatic carbocycles. The van der Waals surface area contributed by atoms with Crippen LogP contribution in [0.2, 0.25) is 5.28 Å². The Morgan fingerprint density at radius 3 is 2.39 bits per heavy atom. The monoisotopic (exact) mass is 446 g/mol. The van der Waals surface area contributed by atoms with Crippen molar-refractivity contribution in [1.82, 2.24) is 24.2 Å². The summed E-state index contributed by atoms with van der Waals surface area (Å²) in [5.74, 6) is 0.428. The molecule has 10 nitrogen and oxygen atoms in total. The third kappa shape index (κ3) is 3.92. The van der Waals surface area contributed by atoms with Crippen LogP contribution >= 0.6 is 22.9 Å². The summed E-state index contributed by atoms with van der Waals surface area (Å²) in [4.78, 5) is 29.4. The normalized spacial score (nSPS) is 19.4. The zero-order chi connectivity index (χ0) is 19.9. The van der Waals surface area contributed by atoms with Gasteiger partial charge in [0.2, 0.25) is 15.3 Å². The van der Waals surface area contributed by atoms with Gasteiger partial charge < -0.3 is 14.5 Å². The van der Waals surface area contributed by atoms with E-state index < -0.39 is 10.0 Å². The minimum Gasteiger partial charge on any atom is -0.378 e. The van der Waals surface area contributed by atoms with Crippen molar-refractivity contribution in [3.8, 4) is 0 Å². The standard InChI is InChI=1S/C15H19ClN6O4S2/c1-28(24,25)22-4-2-21(3-5-22)14(23)13-17-11-10(27-13)12(19-15(16)18-11)20-6-8-26-9-7-20/h2-9H2,1H3. The van der Waals surface area contributed by atoms with Crippen LogP contribution in [0, 0.1) is 0 Å². The number of hydrogen-bond donors (Lipinski definition) is 0. The van der Waals surface area contributed by atoms with Crippen molar-refractivity contribution < 1.29 is 17.9 Å². The van der Waals surface area contributed by atoms with Crippen LogP contribution in [0.5, 0.6) is 0 Å². The second-order valence-electron chi connectivity index (χ2n) is 6.54. The lowest BCUT2D eigenvalue weighted by Gasteiger charge is -2.32. The van der Waals surface area contributed by atoms with E-state index in [1.165, 1.54) is 21.9 Å². The summed E-state index contributed by atoms with van der Waals surface area (Å²) in [6.07, 6.45) is 1.17. The smallest absolute Gasteiger partial charge is 0.283 e. The summed E-state index contributed by atoms with van der Waals surface area (Å²) in [6.45, 7) is 3.75. The molecule has 2 aliphatic heterocycles. The van der Waals surface area contributed by atoms with Crippen molar-refractivity contribution in [3.05, 3.63) is 10.3 Å². The molecule has 0 N–H and O–H groups in total. The third-order valence-electron chi connectivity index (χ3n) is 4.70. The molecule has 0 atom stereocenters. The summed E-state index contributed by atoms with van der Waals surface area (Å²) in [7, 11) is -3.25. The lowest BCUT2D eigenvalue weighted by atomic mass is 10.3. The Kier molecular flexibility index (Phi) is 5.40. The first kappa shape index (κ1) is 19.7. The molecule has 0 spiro atoms. The molecule has 28 heavy (non-hydrogen) atoms. The van der Waals surface area contributed by atoms with Crippen molar-refractivity contribution >= 4 is 55.0 Å². The summed E-state index contributed by atoms with van der Waals surface area (Å²) in [6, 6.07) is 0. The summed E-state index contributed by atoms with van der Waals surface area (Å²) in [5.41, 5.74) is 0.393. The molecule has 0 saturated carbocycles. The van der Waals surface area contributed by atoms with Crippen molar-refractivity contribution in [2.45, 2.75) is 0 Å². The van der Waals surface area contributed by atoms with E-state index in [-0.39, 0.29) is 24.3 Å². The Labute approximate surface area is 171 Å². The molecule has 2 aromatic heterocycles. The number of thiazole rings is 1. The second-order valence-corrected chi connectivity index (χ2v) is 9.86. The second kappa shape index (κ2) is 7.67. The predicted octanol–water partition coefficient (Wildman–Crippen LogP) is 0.294. The number of sulfonamides is 1. The zero-order valence-corrected chi connectivity index (χ0v) is 17.6. The molecular weight excluding hydrogens is 428 g/mol. The minimum atomic E-state index is -3.25. The van der Waals surface area contributed by atoms with E-state index in [4.69, 9.17) is 16.3 Å². The molecule has 152 valence electrons. The van der Waals surface area contributed by atoms with Gasteiger partial charge in [0.05, 0.1) is 19.5 Å². The number of rotatable bonds is 3. The molecular formula is C15H19ClN6O4S2. The first-order chi connectivity index (χ1) is 13.3. The fourth-order valence-corrected chi connectivity index (χ4v) is 5.20. The molecule has 2 saturated heterocycles. The van der Waals surface area contributed by atoms with Gasteiger partial charge in [0.15, 0.2) is 16.5 Å². The zero-order valence-electron chi connectivity index (χ0n) is 15.2. The Morgan fingerprint density at radius 2 is 1.75 bits per heavy atom. The molecule has 1 amide bonds. The number of amides is 1. The molecule has 4 rings (SSSR count). The van der Waals surface area contributed by atoms with Crippen molar-refractivity contribution in [2.24, 2.45) is 0 Å². The van der Waals surface area contributed by atoms with Gasteiger partial charge in [-0.3, -0.25) is 4.79 Å². The van der Waals surface area contributed by atoms with Gasteiger partial charge >= 0.3 is 0 Å². The number of piperazine rings is 1. The van der Waals surface area contributed by atoms with E-state index in [9.17, 15) is 13.2 Å². The van der Waals surface area contributed by atoms with Gasteiger partial charge in [0.1, 0.15) is 4.70 Å². The number of ether oxygens (including phenoxy) is 1. The molecule has 2 aliphatic rings. The highest BCUT2D eigenvalue weighted by Crippen LogP contribution is 2.31. The Balaban J connectivity index is 1.58. The van der Waals surface area contributed by atoms with E-state index >= 15 is 0 Å². The first-order valence-corrected chi connectivity index (χ1v) is 11.8. The number of anilines is 1. The quantitative estimate of drug-likeness (QED) is 0.619. The molecule has 0 radical (unpaired) electrons. The van der Waals surface area contributed by atoms with E-state index in [1.807, 2.05) is 0 Å². The number of carbonyl (C=O) groups is 1. The van der Waals surface area contributed by atoms with Crippen molar-refractivity contribution in [1.29, 1.82) is 0 Å². The molecule has 0 bridgehead atoms. The maximum Gasteiger partial charge on any atom is 0.283 e. The Bertz CT molecular complexity index is 999. The van der Waals surface area contributed by atoms with Crippen LogP contribution in [0.15, 0.2) is 0 Å². The third-order valence-corrected chi connectivity index (χ3v) is 7.20. The minimum absolute atomic E-state index is 0.0834. The molecule has 0 aromatic carbocycles. The molecule has 2 aromatic rings. The fourth-order valence-electron chi connectivity index (χ4n) is 3.22. The summed E-state index contributed by atoms with van der Waals surface area (Å²) >= 11 is 7.30. The van der Waals surface area contributed by atoms with Crippen LogP contribution in [0.3, 0.4) is 0 Å². The SMILES string of the molecule is CS(=O)(=O)N1CCN(C(=O)c2nc3nc(Cl)nc(N4CCOCC4)c3s2)CC1. The van der Waals surface area contributed by atoms with Gasteiger partial charge in [-0.15, -0.1) is 11.3 Å². The van der Waals surface area contributed by atoms with E-state index in [1.54, 1.807) is 4.90 Å². The van der Waals surface area contributed by atoms with E-state index in [0.717, 1.165) is 0 Å². The van der Waals surface area contributed by atoms with Crippen LogP contribution in [-0.2, 0) is 14.8 Å². The van der Waals surface area contributed by atoms with Crippen LogP contribution < -0.4 is 4.90 Å². The van der Waals surface area contributed by atoms with Gasteiger partial charge in [0, 0.05) is 39.3 Å². The maximum absolute atomic E-state index is 12.9. The highest BCUT2D eigenvalue weighted by Gasteiger charge is 2.29. The lowest BCUT2D eigenvalue weighted by Crippen LogP contribution is -2.50. The van der Waals surface area contributed by atoms with Crippen LogP contribution in [0.25, 0.3) is 10.3 Å². The first-order valence-electron chi connectivity index (χ1n) is 8.74. The average molecular weight is 447 g/mol. The average Bonchev–Trinajstić information content (AvgIpc) is 3.10. The lowest BCUT2D eigenvalue weighted by molar-refractivity contribution is 0.0698. The number of aromatic nitrogens is 3. The number of carbonyl (C=O) groups excluding carboxylic acids is 1. The maximum atomic E-state index is 12.9. The van der Waals surface area contributed by atoms with Crippen LogP contribution in [0.4, 0.5) is 5.82 Å². The number of fused-ring (bicyclic) bond motifs is 1. The Hall–Kier alpha value is -1.60. The van der Waals surface area contributed by atoms with E-state index in [0.29, 0.717) is 60.6 Å². The number of nitrogens with zero attached hydrogens (tertiary/aromatic N) is 6. The highest BCUT2D eigenvalue weighted by atomic mass is 35.5. The van der Waals surface area contributed by atoms with Crippen molar-refractivity contribution in [3.63, 3.8) is 0 Å². The van der Waals surface area contributed by atoms with Gasteiger partial charge in [0.25, 0.3) is 5.91 Å². The highest BCUT2D eigenvalue weighted by molar-refractivity contribution is 7.88. The van der Waals surface area contributed by atoms with Crippen LogP contribution in [0.1, 0.15) is 9.80 Å². The van der Waals surface area contributed by atoms with E-state index in [2.05, 4.69) is 19.9 Å². The fraction of sp³-hybridized carbons (Fsp3) is 0.600. The van der Waals surface area contributed by atoms with Gasteiger partial charge in [-0.2, -0.15) is 14.3 Å². The number of halogens is 1. The largest absolute Gasteiger partial charge is 0.378 e. The summed E-state index contributed by atoms with van der Waals surface area (Å²) in [5, 5.41) is 0.383. The molecule has 2 fully saturated rings.